The van der Waals surface area contributed by atoms with Gasteiger partial charge in [0.25, 0.3) is 5.69 Å². The van der Waals surface area contributed by atoms with Gasteiger partial charge in [0, 0.05) is 11.0 Å². The fraction of sp³-hybridized carbons (Fsp3) is 0. The van der Waals surface area contributed by atoms with Crippen LogP contribution in [0.25, 0.3) is 0 Å². The predicted molar refractivity (Wildman–Crippen MR) is 70.5 cm³/mol. The monoisotopic (exact) mass is 311 g/mol. The second kappa shape index (κ2) is 5.88. The van der Waals surface area contributed by atoms with Gasteiger partial charge in [0.1, 0.15) is 17.2 Å². The van der Waals surface area contributed by atoms with E-state index in [4.69, 9.17) is 5.11 Å². The van der Waals surface area contributed by atoms with Crippen LogP contribution >= 0.6 is 11.8 Å². The highest BCUT2D eigenvalue weighted by atomic mass is 32.2. The maximum absolute atomic E-state index is 13.6. The first-order valence-corrected chi connectivity index (χ1v) is 6.35. The SMILES string of the molecule is O=C(O)c1cc([N+](=O)[O-])c(Sc2ccccc2F)cc1F. The Bertz CT molecular complexity index is 736. The van der Waals surface area contributed by atoms with Crippen LogP contribution in [0.15, 0.2) is 46.2 Å². The van der Waals surface area contributed by atoms with E-state index in [9.17, 15) is 23.7 Å². The minimum absolute atomic E-state index is 0.0723. The molecule has 0 saturated carbocycles. The molecule has 0 aliphatic rings. The summed E-state index contributed by atoms with van der Waals surface area (Å²) in [6.07, 6.45) is 0. The normalized spacial score (nSPS) is 10.4. The van der Waals surface area contributed by atoms with Gasteiger partial charge < -0.3 is 5.11 Å². The second-order valence-electron chi connectivity index (χ2n) is 3.89. The average Bonchev–Trinajstić information content (AvgIpc) is 2.40. The lowest BCUT2D eigenvalue weighted by Gasteiger charge is -2.06. The van der Waals surface area contributed by atoms with E-state index < -0.39 is 33.8 Å². The fourth-order valence-corrected chi connectivity index (χ4v) is 2.53. The van der Waals surface area contributed by atoms with Crippen LogP contribution in [0.3, 0.4) is 0 Å². The number of carboxylic acid groups (broad SMARTS) is 1. The highest BCUT2D eigenvalue weighted by molar-refractivity contribution is 7.99. The number of hydrogen-bond acceptors (Lipinski definition) is 4. The van der Waals surface area contributed by atoms with E-state index in [1.807, 2.05) is 0 Å². The molecule has 0 amide bonds. The van der Waals surface area contributed by atoms with E-state index in [1.54, 1.807) is 0 Å². The summed E-state index contributed by atoms with van der Waals surface area (Å²) in [7, 11) is 0. The first-order chi connectivity index (χ1) is 9.90. The molecule has 0 aromatic heterocycles. The molecule has 2 rings (SSSR count). The third kappa shape index (κ3) is 3.16. The highest BCUT2D eigenvalue weighted by Crippen LogP contribution is 2.37. The Morgan fingerprint density at radius 2 is 1.81 bits per heavy atom. The van der Waals surface area contributed by atoms with Gasteiger partial charge in [-0.15, -0.1) is 0 Å². The molecular weight excluding hydrogens is 304 g/mol. The van der Waals surface area contributed by atoms with Gasteiger partial charge in [-0.3, -0.25) is 10.1 Å². The summed E-state index contributed by atoms with van der Waals surface area (Å²) in [6.45, 7) is 0. The lowest BCUT2D eigenvalue weighted by molar-refractivity contribution is -0.387. The van der Waals surface area contributed by atoms with E-state index in [1.165, 1.54) is 18.2 Å². The lowest BCUT2D eigenvalue weighted by Crippen LogP contribution is -2.03. The van der Waals surface area contributed by atoms with E-state index >= 15 is 0 Å². The summed E-state index contributed by atoms with van der Waals surface area (Å²) in [5, 5.41) is 19.7. The van der Waals surface area contributed by atoms with Gasteiger partial charge in [0.05, 0.1) is 9.82 Å². The van der Waals surface area contributed by atoms with E-state index in [2.05, 4.69) is 0 Å². The topological polar surface area (TPSA) is 80.4 Å². The molecule has 5 nitrogen and oxygen atoms in total. The Morgan fingerprint density at radius 1 is 1.14 bits per heavy atom. The van der Waals surface area contributed by atoms with Crippen molar-refractivity contribution in [3.05, 3.63) is 63.7 Å². The van der Waals surface area contributed by atoms with Crippen LogP contribution in [0.4, 0.5) is 14.5 Å². The maximum Gasteiger partial charge on any atom is 0.338 e. The number of nitrogens with zero attached hydrogens (tertiary/aromatic N) is 1. The zero-order chi connectivity index (χ0) is 15.6. The second-order valence-corrected chi connectivity index (χ2v) is 4.98. The molecule has 21 heavy (non-hydrogen) atoms. The Balaban J connectivity index is 2.53. The maximum atomic E-state index is 13.6. The molecule has 0 unspecified atom stereocenters. The molecular formula is C13H7F2NO4S. The van der Waals surface area contributed by atoms with Crippen LogP contribution in [0, 0.1) is 21.7 Å². The molecule has 2 aromatic carbocycles. The van der Waals surface area contributed by atoms with Gasteiger partial charge >= 0.3 is 5.97 Å². The van der Waals surface area contributed by atoms with E-state index in [0.717, 1.165) is 12.1 Å². The molecule has 1 N–H and O–H groups in total. The molecule has 0 atom stereocenters. The van der Waals surface area contributed by atoms with Gasteiger partial charge in [-0.2, -0.15) is 0 Å². The number of aromatic carboxylic acids is 1. The summed E-state index contributed by atoms with van der Waals surface area (Å²) in [5.41, 5.74) is -1.40. The van der Waals surface area contributed by atoms with Crippen LogP contribution in [0.5, 0.6) is 0 Å². The van der Waals surface area contributed by atoms with Crippen molar-refractivity contribution >= 4 is 23.4 Å². The van der Waals surface area contributed by atoms with Crippen molar-refractivity contribution in [2.45, 2.75) is 9.79 Å². The third-order valence-corrected chi connectivity index (χ3v) is 3.63. The van der Waals surface area contributed by atoms with Crippen molar-refractivity contribution in [3.63, 3.8) is 0 Å². The first kappa shape index (κ1) is 14.9. The summed E-state index contributed by atoms with van der Waals surface area (Å²) in [6, 6.07) is 6.86. The highest BCUT2D eigenvalue weighted by Gasteiger charge is 2.23. The van der Waals surface area contributed by atoms with Gasteiger partial charge in [0.2, 0.25) is 0 Å². The number of halogens is 2. The minimum Gasteiger partial charge on any atom is -0.478 e. The molecule has 0 radical (unpaired) electrons. The van der Waals surface area contributed by atoms with Crippen LogP contribution < -0.4 is 0 Å². The molecule has 8 heteroatoms. The summed E-state index contributed by atoms with van der Waals surface area (Å²) in [5.74, 6) is -3.34. The summed E-state index contributed by atoms with van der Waals surface area (Å²) >= 11 is 0.654. The molecule has 108 valence electrons. The van der Waals surface area contributed by atoms with Crippen molar-refractivity contribution in [2.75, 3.05) is 0 Å². The van der Waals surface area contributed by atoms with Crippen LogP contribution in [-0.2, 0) is 0 Å². The van der Waals surface area contributed by atoms with E-state index in [0.29, 0.717) is 17.8 Å². The first-order valence-electron chi connectivity index (χ1n) is 5.53. The fourth-order valence-electron chi connectivity index (χ4n) is 1.58. The van der Waals surface area contributed by atoms with Crippen molar-refractivity contribution in [2.24, 2.45) is 0 Å². The predicted octanol–water partition coefficient (Wildman–Crippen LogP) is 3.72. The Morgan fingerprint density at radius 3 is 2.38 bits per heavy atom. The average molecular weight is 311 g/mol. The zero-order valence-electron chi connectivity index (χ0n) is 10.2. The van der Waals surface area contributed by atoms with Gasteiger partial charge in [-0.25, -0.2) is 13.6 Å². The molecule has 0 heterocycles. The quantitative estimate of drug-likeness (QED) is 0.687. The number of hydrogen-bond donors (Lipinski definition) is 1. The molecule has 0 aliphatic heterocycles. The standard InChI is InChI=1S/C13H7F2NO4S/c14-8-3-1-2-4-11(8)21-12-6-9(15)7(13(17)18)5-10(12)16(19)20/h1-6H,(H,17,18). The smallest absolute Gasteiger partial charge is 0.338 e. The van der Waals surface area contributed by atoms with Gasteiger partial charge in [0.15, 0.2) is 0 Å². The van der Waals surface area contributed by atoms with Crippen molar-refractivity contribution in [1.82, 2.24) is 0 Å². The lowest BCUT2D eigenvalue weighted by atomic mass is 10.2. The summed E-state index contributed by atoms with van der Waals surface area (Å²) < 4.78 is 27.2. The molecule has 0 aliphatic carbocycles. The van der Waals surface area contributed by atoms with Crippen molar-refractivity contribution < 1.29 is 23.6 Å². The van der Waals surface area contributed by atoms with Gasteiger partial charge in [-0.05, 0) is 18.2 Å². The third-order valence-electron chi connectivity index (χ3n) is 2.53. The van der Waals surface area contributed by atoms with Crippen molar-refractivity contribution in [3.8, 4) is 0 Å². The molecule has 0 bridgehead atoms. The molecule has 0 fully saturated rings. The van der Waals surface area contributed by atoms with Crippen molar-refractivity contribution in [1.29, 1.82) is 0 Å². The van der Waals surface area contributed by atoms with Gasteiger partial charge in [-0.1, -0.05) is 23.9 Å². The molecule has 0 spiro atoms. The Labute approximate surface area is 121 Å². The number of rotatable bonds is 4. The van der Waals surface area contributed by atoms with Crippen LogP contribution in [0.2, 0.25) is 0 Å². The minimum atomic E-state index is -1.61. The Kier molecular flexibility index (Phi) is 4.18. The van der Waals surface area contributed by atoms with E-state index in [-0.39, 0.29) is 9.79 Å². The zero-order valence-corrected chi connectivity index (χ0v) is 11.1. The molecule has 0 saturated heterocycles. The number of nitro benzene ring substituents is 1. The van der Waals surface area contributed by atoms with Crippen LogP contribution in [-0.4, -0.2) is 16.0 Å². The summed E-state index contributed by atoms with van der Waals surface area (Å²) in [4.78, 5) is 20.8. The van der Waals surface area contributed by atoms with Crippen LogP contribution in [0.1, 0.15) is 10.4 Å². The largest absolute Gasteiger partial charge is 0.478 e. The number of benzene rings is 2. The molecule has 2 aromatic rings. The number of carbonyl (C=O) groups is 1. The number of nitro groups is 1. The Hall–Kier alpha value is -2.48. The number of carboxylic acids is 1.